The van der Waals surface area contributed by atoms with Crippen molar-refractivity contribution in [1.29, 1.82) is 0 Å². The van der Waals surface area contributed by atoms with Crippen molar-refractivity contribution < 1.29 is 14.3 Å². The lowest BCUT2D eigenvalue weighted by molar-refractivity contribution is -0.144. The summed E-state index contributed by atoms with van der Waals surface area (Å²) < 4.78 is 5.71. The highest BCUT2D eigenvalue weighted by Crippen LogP contribution is 2.15. The van der Waals surface area contributed by atoms with Crippen molar-refractivity contribution in [2.75, 3.05) is 11.9 Å². The Morgan fingerprint density at radius 1 is 1.39 bits per heavy atom. The van der Waals surface area contributed by atoms with Crippen LogP contribution in [0.15, 0.2) is 28.7 Å². The van der Waals surface area contributed by atoms with Gasteiger partial charge < -0.3 is 15.8 Å². The number of carbonyl (C=O) groups is 2. The zero-order valence-electron chi connectivity index (χ0n) is 9.98. The van der Waals surface area contributed by atoms with Crippen molar-refractivity contribution in [2.24, 2.45) is 5.73 Å². The smallest absolute Gasteiger partial charge is 0.308 e. The number of hydrogen-bond donors (Lipinski definition) is 2. The van der Waals surface area contributed by atoms with Gasteiger partial charge in [0.2, 0.25) is 5.91 Å². The van der Waals surface area contributed by atoms with E-state index in [0.717, 1.165) is 4.47 Å². The first-order valence-corrected chi connectivity index (χ1v) is 6.29. The molecule has 0 aliphatic rings. The number of hydrogen-bond acceptors (Lipinski definition) is 4. The summed E-state index contributed by atoms with van der Waals surface area (Å²) in [5, 5.41) is 2.90. The van der Waals surface area contributed by atoms with Crippen LogP contribution in [0.25, 0.3) is 0 Å². The Bertz CT molecular complexity index is 420. The van der Waals surface area contributed by atoms with Crippen LogP contribution in [0.5, 0.6) is 0 Å². The lowest BCUT2D eigenvalue weighted by Crippen LogP contribution is -2.37. The maximum absolute atomic E-state index is 11.3. The number of amides is 1. The molecule has 0 saturated heterocycles. The molecule has 5 nitrogen and oxygen atoms in total. The second kappa shape index (κ2) is 7.00. The number of carbonyl (C=O) groups excluding carboxylic acids is 2. The average Bonchev–Trinajstić information content (AvgIpc) is 2.31. The van der Waals surface area contributed by atoms with Gasteiger partial charge in [0.1, 0.15) is 6.04 Å². The van der Waals surface area contributed by atoms with E-state index in [4.69, 9.17) is 10.5 Å². The van der Waals surface area contributed by atoms with Crippen LogP contribution < -0.4 is 11.1 Å². The fraction of sp³-hybridized carbons (Fsp3) is 0.333. The number of anilines is 1. The molecule has 0 aliphatic heterocycles. The molecule has 1 amide bonds. The van der Waals surface area contributed by atoms with E-state index >= 15 is 0 Å². The second-order valence-corrected chi connectivity index (χ2v) is 4.53. The maximum atomic E-state index is 11.3. The molecule has 0 saturated carbocycles. The quantitative estimate of drug-likeness (QED) is 0.783. The maximum Gasteiger partial charge on any atom is 0.308 e. The fourth-order valence-electron chi connectivity index (χ4n) is 1.36. The molecule has 0 spiro atoms. The van der Waals surface area contributed by atoms with E-state index < -0.39 is 17.9 Å². The Kier molecular flexibility index (Phi) is 5.64. The number of nitrogens with two attached hydrogens (primary N) is 1. The van der Waals surface area contributed by atoms with E-state index in [1.54, 1.807) is 19.1 Å². The molecule has 0 fully saturated rings. The Morgan fingerprint density at radius 3 is 2.50 bits per heavy atom. The predicted molar refractivity (Wildman–Crippen MR) is 72.0 cm³/mol. The van der Waals surface area contributed by atoms with Gasteiger partial charge in [-0.25, -0.2) is 0 Å². The molecule has 18 heavy (non-hydrogen) atoms. The number of halogens is 1. The zero-order valence-corrected chi connectivity index (χ0v) is 11.6. The third-order valence-corrected chi connectivity index (χ3v) is 2.73. The average molecular weight is 315 g/mol. The van der Waals surface area contributed by atoms with Crippen molar-refractivity contribution in [1.82, 2.24) is 0 Å². The molecule has 0 heterocycles. The van der Waals surface area contributed by atoms with Gasteiger partial charge in [-0.2, -0.15) is 0 Å². The first kappa shape index (κ1) is 14.5. The van der Waals surface area contributed by atoms with Gasteiger partial charge in [-0.1, -0.05) is 15.9 Å². The molecule has 0 radical (unpaired) electrons. The highest BCUT2D eigenvalue weighted by Gasteiger charge is 2.19. The van der Waals surface area contributed by atoms with Crippen LogP contribution in [0.1, 0.15) is 13.3 Å². The molecule has 1 atom stereocenters. The van der Waals surface area contributed by atoms with Crippen molar-refractivity contribution in [3.05, 3.63) is 28.7 Å². The first-order valence-electron chi connectivity index (χ1n) is 5.50. The monoisotopic (exact) mass is 314 g/mol. The van der Waals surface area contributed by atoms with Crippen LogP contribution in [0.3, 0.4) is 0 Å². The van der Waals surface area contributed by atoms with Crippen molar-refractivity contribution in [3.8, 4) is 0 Å². The lowest BCUT2D eigenvalue weighted by Gasteiger charge is -2.15. The Morgan fingerprint density at radius 2 is 2.00 bits per heavy atom. The van der Waals surface area contributed by atoms with Gasteiger partial charge in [-0.3, -0.25) is 9.59 Å². The SMILES string of the molecule is CCOC(=O)CC(Nc1ccc(Br)cc1)C(N)=O. The number of ether oxygens (including phenoxy) is 1. The Balaban J connectivity index is 2.65. The van der Waals surface area contributed by atoms with Gasteiger partial charge in [-0.05, 0) is 31.2 Å². The first-order chi connectivity index (χ1) is 8.52. The molecule has 0 aliphatic carbocycles. The van der Waals surface area contributed by atoms with E-state index in [1.165, 1.54) is 0 Å². The van der Waals surface area contributed by atoms with Gasteiger partial charge in [0.05, 0.1) is 13.0 Å². The van der Waals surface area contributed by atoms with Crippen LogP contribution >= 0.6 is 15.9 Å². The number of rotatable bonds is 6. The van der Waals surface area contributed by atoms with E-state index in [-0.39, 0.29) is 13.0 Å². The molecule has 6 heteroatoms. The van der Waals surface area contributed by atoms with Crippen molar-refractivity contribution >= 4 is 33.5 Å². The lowest BCUT2D eigenvalue weighted by atomic mass is 10.2. The summed E-state index contributed by atoms with van der Waals surface area (Å²) in [6.07, 6.45) is -0.0841. The predicted octanol–water partition coefficient (Wildman–Crippen LogP) is 1.67. The molecule has 0 bridgehead atoms. The van der Waals surface area contributed by atoms with Gasteiger partial charge in [0, 0.05) is 10.2 Å². The third kappa shape index (κ3) is 4.75. The van der Waals surface area contributed by atoms with Crippen molar-refractivity contribution in [2.45, 2.75) is 19.4 Å². The molecule has 1 unspecified atom stereocenters. The summed E-state index contributed by atoms with van der Waals surface area (Å²) in [6, 6.07) is 6.44. The zero-order chi connectivity index (χ0) is 13.5. The van der Waals surface area contributed by atoms with Crippen molar-refractivity contribution in [3.63, 3.8) is 0 Å². The number of nitrogens with one attached hydrogen (secondary N) is 1. The standard InChI is InChI=1S/C12H15BrN2O3/c1-2-18-11(16)7-10(12(14)17)15-9-5-3-8(13)4-6-9/h3-6,10,15H,2,7H2,1H3,(H2,14,17). The molecule has 3 N–H and O–H groups in total. The van der Waals surface area contributed by atoms with Crippen LogP contribution in [0.4, 0.5) is 5.69 Å². The molecule has 98 valence electrons. The largest absolute Gasteiger partial charge is 0.466 e. The number of primary amides is 1. The summed E-state index contributed by atoms with van der Waals surface area (Å²) >= 11 is 3.31. The Hall–Kier alpha value is -1.56. The summed E-state index contributed by atoms with van der Waals surface area (Å²) in [6.45, 7) is 1.99. The summed E-state index contributed by atoms with van der Waals surface area (Å²) in [4.78, 5) is 22.6. The minimum Gasteiger partial charge on any atom is -0.466 e. The minimum atomic E-state index is -0.773. The molecular weight excluding hydrogens is 300 g/mol. The van der Waals surface area contributed by atoms with Crippen LogP contribution in [-0.2, 0) is 14.3 Å². The normalized spacial score (nSPS) is 11.7. The molecule has 0 aromatic heterocycles. The van der Waals surface area contributed by atoms with E-state index in [2.05, 4.69) is 21.2 Å². The summed E-state index contributed by atoms with van der Waals surface area (Å²) in [5.74, 6) is -1.04. The van der Waals surface area contributed by atoms with Gasteiger partial charge in [0.15, 0.2) is 0 Å². The van der Waals surface area contributed by atoms with E-state index in [9.17, 15) is 9.59 Å². The third-order valence-electron chi connectivity index (χ3n) is 2.20. The van der Waals surface area contributed by atoms with Gasteiger partial charge >= 0.3 is 5.97 Å². The molecule has 1 rings (SSSR count). The summed E-state index contributed by atoms with van der Waals surface area (Å²) in [5.41, 5.74) is 5.95. The van der Waals surface area contributed by atoms with Crippen LogP contribution in [0, 0.1) is 0 Å². The molecule has 1 aromatic rings. The fourth-order valence-corrected chi connectivity index (χ4v) is 1.62. The van der Waals surface area contributed by atoms with Crippen LogP contribution in [-0.4, -0.2) is 24.5 Å². The topological polar surface area (TPSA) is 81.4 Å². The number of benzene rings is 1. The van der Waals surface area contributed by atoms with Gasteiger partial charge in [0.25, 0.3) is 0 Å². The van der Waals surface area contributed by atoms with Gasteiger partial charge in [-0.15, -0.1) is 0 Å². The molecular formula is C12H15BrN2O3. The highest BCUT2D eigenvalue weighted by molar-refractivity contribution is 9.10. The van der Waals surface area contributed by atoms with E-state index in [1.807, 2.05) is 12.1 Å². The number of esters is 1. The second-order valence-electron chi connectivity index (χ2n) is 3.62. The Labute approximate surface area is 114 Å². The van der Waals surface area contributed by atoms with Crippen LogP contribution in [0.2, 0.25) is 0 Å². The molecule has 1 aromatic carbocycles. The highest BCUT2D eigenvalue weighted by atomic mass is 79.9. The summed E-state index contributed by atoms with van der Waals surface area (Å²) in [7, 11) is 0. The minimum absolute atomic E-state index is 0.0841. The van der Waals surface area contributed by atoms with E-state index in [0.29, 0.717) is 5.69 Å².